The average molecular weight is 547 g/mol. The van der Waals surface area contributed by atoms with Gasteiger partial charge in [0.05, 0.1) is 29.5 Å². The summed E-state index contributed by atoms with van der Waals surface area (Å²) in [6.07, 6.45) is 2.64. The zero-order valence-electron chi connectivity index (χ0n) is 21.5. The van der Waals surface area contributed by atoms with Gasteiger partial charge < -0.3 is 10.1 Å². The van der Waals surface area contributed by atoms with Gasteiger partial charge in [-0.3, -0.25) is 9.89 Å². The summed E-state index contributed by atoms with van der Waals surface area (Å²) in [4.78, 5) is 22.1. The van der Waals surface area contributed by atoms with Crippen LogP contribution in [-0.4, -0.2) is 58.5 Å². The molecule has 0 radical (unpaired) electrons. The van der Waals surface area contributed by atoms with Gasteiger partial charge in [-0.25, -0.2) is 9.97 Å². The highest BCUT2D eigenvalue weighted by Crippen LogP contribution is 2.29. The number of hydroxylamine groups is 2. The minimum Gasteiger partial charge on any atom is -0.484 e. The van der Waals surface area contributed by atoms with Crippen LogP contribution in [0.5, 0.6) is 5.75 Å². The van der Waals surface area contributed by atoms with Gasteiger partial charge in [0.2, 0.25) is 0 Å². The van der Waals surface area contributed by atoms with E-state index in [9.17, 15) is 13.2 Å². The molecule has 200 valence electrons. The largest absolute Gasteiger partial charge is 0.484 e. The Hall–Kier alpha value is -4.55. The first-order chi connectivity index (χ1) is 18.7. The van der Waals surface area contributed by atoms with Crippen LogP contribution in [0.2, 0.25) is 0 Å². The Morgan fingerprint density at radius 3 is 2.67 bits per heavy atom. The van der Waals surface area contributed by atoms with Crippen LogP contribution < -0.4 is 10.1 Å². The van der Waals surface area contributed by atoms with Crippen molar-refractivity contribution in [2.45, 2.75) is 19.9 Å². The number of anilines is 2. The molecule has 0 unspecified atom stereocenters. The van der Waals surface area contributed by atoms with E-state index in [0.717, 1.165) is 38.8 Å². The van der Waals surface area contributed by atoms with E-state index in [1.807, 2.05) is 48.5 Å². The highest BCUT2D eigenvalue weighted by Gasteiger charge is 2.23. The summed E-state index contributed by atoms with van der Waals surface area (Å²) in [6.45, 7) is 2.86. The molecular weight excluding hydrogens is 520 g/mol. The predicted molar refractivity (Wildman–Crippen MR) is 148 cm³/mol. The molecule has 0 saturated carbocycles. The van der Waals surface area contributed by atoms with Gasteiger partial charge in [-0.2, -0.15) is 18.6 Å². The maximum Gasteiger partial charge on any atom is 0.285 e. The standard InChI is InChI=1S/C27H26N6O5S/c1-17(2)33(38-39(3,35)36)25(34)16-37-21-8-6-7-18(14-21)26-30-24-10-5-4-9-22(24)27(31-26)29-20-11-12-23-19(13-20)15-28-32-23/h4-15,17H,16H2,1-3H3,(H,28,32)(H,29,30,31). The number of hydrogen-bond donors (Lipinski definition) is 2. The normalized spacial score (nSPS) is 11.7. The van der Waals surface area contributed by atoms with E-state index >= 15 is 0 Å². The fourth-order valence-electron chi connectivity index (χ4n) is 3.95. The number of carbonyl (C=O) groups is 1. The van der Waals surface area contributed by atoms with Crippen molar-refractivity contribution in [1.29, 1.82) is 0 Å². The summed E-state index contributed by atoms with van der Waals surface area (Å²) in [5.41, 5.74) is 3.21. The maximum atomic E-state index is 12.6. The van der Waals surface area contributed by atoms with E-state index in [1.54, 1.807) is 38.2 Å². The molecule has 0 aliphatic heterocycles. The minimum absolute atomic E-state index is 0.389. The zero-order chi connectivity index (χ0) is 27.6. The van der Waals surface area contributed by atoms with Crippen molar-refractivity contribution in [1.82, 2.24) is 25.2 Å². The average Bonchev–Trinajstić information content (AvgIpc) is 3.38. The Kier molecular flexibility index (Phi) is 7.13. The van der Waals surface area contributed by atoms with Crippen molar-refractivity contribution in [3.63, 3.8) is 0 Å². The number of carbonyl (C=O) groups excluding carboxylic acids is 1. The van der Waals surface area contributed by atoms with Gasteiger partial charge in [-0.1, -0.05) is 24.3 Å². The van der Waals surface area contributed by atoms with Gasteiger partial charge in [-0.15, -0.1) is 4.28 Å². The van der Waals surface area contributed by atoms with E-state index in [1.165, 1.54) is 0 Å². The van der Waals surface area contributed by atoms with Gasteiger partial charge in [0.25, 0.3) is 16.0 Å². The molecule has 0 saturated heterocycles. The van der Waals surface area contributed by atoms with Gasteiger partial charge in [0.15, 0.2) is 12.4 Å². The lowest BCUT2D eigenvalue weighted by Crippen LogP contribution is -2.41. The van der Waals surface area contributed by atoms with Gasteiger partial charge in [0.1, 0.15) is 11.6 Å². The molecule has 0 aliphatic carbocycles. The lowest BCUT2D eigenvalue weighted by atomic mass is 10.1. The number of H-pyrrole nitrogens is 1. The van der Waals surface area contributed by atoms with E-state index in [2.05, 4.69) is 15.5 Å². The number of ether oxygens (including phenoxy) is 1. The second-order valence-corrected chi connectivity index (χ2v) is 10.7. The van der Waals surface area contributed by atoms with Crippen LogP contribution in [0.1, 0.15) is 13.8 Å². The summed E-state index contributed by atoms with van der Waals surface area (Å²) in [7, 11) is -3.87. The number of fused-ring (bicyclic) bond motifs is 2. The molecule has 0 bridgehead atoms. The summed E-state index contributed by atoms with van der Waals surface area (Å²) >= 11 is 0. The molecule has 5 rings (SSSR count). The Morgan fingerprint density at radius 2 is 1.87 bits per heavy atom. The van der Waals surface area contributed by atoms with Crippen LogP contribution in [0.25, 0.3) is 33.2 Å². The third kappa shape index (κ3) is 6.13. The number of hydrogen-bond acceptors (Lipinski definition) is 9. The second kappa shape index (κ2) is 10.7. The molecule has 2 aromatic heterocycles. The first-order valence-electron chi connectivity index (χ1n) is 12.1. The van der Waals surface area contributed by atoms with Crippen LogP contribution in [-0.2, 0) is 19.2 Å². The first kappa shape index (κ1) is 26.1. The minimum atomic E-state index is -3.87. The molecule has 39 heavy (non-hydrogen) atoms. The highest BCUT2D eigenvalue weighted by molar-refractivity contribution is 7.85. The van der Waals surface area contributed by atoms with Crippen LogP contribution >= 0.6 is 0 Å². The Labute approximate surface area is 224 Å². The number of aromatic amines is 1. The second-order valence-electron chi connectivity index (χ2n) is 9.12. The number of aromatic nitrogens is 4. The highest BCUT2D eigenvalue weighted by atomic mass is 32.2. The molecule has 0 fully saturated rings. The lowest BCUT2D eigenvalue weighted by molar-refractivity contribution is -0.164. The number of nitrogens with zero attached hydrogens (tertiary/aromatic N) is 4. The first-order valence-corrected chi connectivity index (χ1v) is 13.9. The van der Waals surface area contributed by atoms with Crippen LogP contribution in [0.3, 0.4) is 0 Å². The Morgan fingerprint density at radius 1 is 1.05 bits per heavy atom. The van der Waals surface area contributed by atoms with Crippen LogP contribution in [0.15, 0.2) is 72.9 Å². The third-order valence-corrected chi connectivity index (χ3v) is 6.12. The van der Waals surface area contributed by atoms with Gasteiger partial charge >= 0.3 is 0 Å². The van der Waals surface area contributed by atoms with Crippen molar-refractivity contribution in [2.75, 3.05) is 18.2 Å². The predicted octanol–water partition coefficient (Wildman–Crippen LogP) is 4.42. The maximum absolute atomic E-state index is 12.6. The van der Waals surface area contributed by atoms with Gasteiger partial charge in [0, 0.05) is 22.0 Å². The molecule has 11 nitrogen and oxygen atoms in total. The number of rotatable bonds is 9. The van der Waals surface area contributed by atoms with Crippen molar-refractivity contribution >= 4 is 49.3 Å². The number of nitrogens with one attached hydrogen (secondary N) is 2. The molecule has 2 heterocycles. The molecule has 5 aromatic rings. The van der Waals surface area contributed by atoms with E-state index in [0.29, 0.717) is 23.0 Å². The quantitative estimate of drug-likeness (QED) is 0.257. The number of para-hydroxylation sites is 1. The molecule has 1 amide bonds. The summed E-state index contributed by atoms with van der Waals surface area (Å²) < 4.78 is 33.5. The van der Waals surface area contributed by atoms with E-state index < -0.39 is 28.7 Å². The Balaban J connectivity index is 1.41. The fraction of sp³-hybridized carbons (Fsp3) is 0.185. The van der Waals surface area contributed by atoms with Crippen LogP contribution in [0.4, 0.5) is 11.5 Å². The summed E-state index contributed by atoms with van der Waals surface area (Å²) in [5.74, 6) is 0.844. The van der Waals surface area contributed by atoms with Crippen molar-refractivity contribution in [3.8, 4) is 17.1 Å². The lowest BCUT2D eigenvalue weighted by Gasteiger charge is -2.23. The van der Waals surface area contributed by atoms with Crippen LogP contribution in [0, 0.1) is 0 Å². The Bertz CT molecular complexity index is 1770. The monoisotopic (exact) mass is 546 g/mol. The van der Waals surface area contributed by atoms with Crippen molar-refractivity contribution in [2.24, 2.45) is 0 Å². The summed E-state index contributed by atoms with van der Waals surface area (Å²) in [6, 6.07) is 20.1. The van der Waals surface area contributed by atoms with E-state index in [-0.39, 0.29) is 0 Å². The summed E-state index contributed by atoms with van der Waals surface area (Å²) in [5, 5.41) is 13.0. The zero-order valence-corrected chi connectivity index (χ0v) is 22.3. The molecular formula is C27H26N6O5S. The number of amides is 1. The van der Waals surface area contributed by atoms with E-state index in [4.69, 9.17) is 19.0 Å². The van der Waals surface area contributed by atoms with Crippen molar-refractivity contribution < 1.29 is 22.2 Å². The topological polar surface area (TPSA) is 139 Å². The molecule has 0 atom stereocenters. The number of benzene rings is 3. The smallest absolute Gasteiger partial charge is 0.285 e. The molecule has 0 aliphatic rings. The van der Waals surface area contributed by atoms with Gasteiger partial charge in [-0.05, 0) is 56.3 Å². The molecule has 0 spiro atoms. The van der Waals surface area contributed by atoms with Crippen molar-refractivity contribution in [3.05, 3.63) is 72.9 Å². The fourth-order valence-corrected chi connectivity index (χ4v) is 4.50. The molecule has 3 aromatic carbocycles. The molecule has 12 heteroatoms. The third-order valence-electron chi connectivity index (χ3n) is 5.69. The SMILES string of the molecule is CC(C)N(OS(C)(=O)=O)C(=O)COc1cccc(-c2nc(Nc3ccc4[nH]ncc4c3)c3ccccc3n2)c1. The molecule has 2 N–H and O–H groups in total.